The van der Waals surface area contributed by atoms with E-state index in [-0.39, 0.29) is 18.5 Å². The molecule has 1 aromatic carbocycles. The third-order valence-corrected chi connectivity index (χ3v) is 7.57. The van der Waals surface area contributed by atoms with E-state index in [9.17, 15) is 24.4 Å². The van der Waals surface area contributed by atoms with Gasteiger partial charge in [0.25, 0.3) is 0 Å². The van der Waals surface area contributed by atoms with Gasteiger partial charge >= 0.3 is 19.7 Å². The van der Waals surface area contributed by atoms with Crippen LogP contribution in [0.4, 0.5) is 4.79 Å². The largest absolute Gasteiger partial charge is 0.462 e. The lowest BCUT2D eigenvalue weighted by Crippen LogP contribution is -2.61. The molecule has 1 fully saturated rings. The maximum Gasteiger partial charge on any atom is 0.459 e. The van der Waals surface area contributed by atoms with Crippen LogP contribution in [0.25, 0.3) is 0 Å². The van der Waals surface area contributed by atoms with Gasteiger partial charge in [0.1, 0.15) is 30.2 Å². The number of amides is 2. The number of terminal acetylenes is 1. The number of ether oxygens (including phenoxy) is 2. The fourth-order valence-corrected chi connectivity index (χ4v) is 5.12. The Hall–Kier alpha value is -2.91. The molecule has 2 heterocycles. The van der Waals surface area contributed by atoms with E-state index in [1.54, 1.807) is 37.3 Å². The van der Waals surface area contributed by atoms with Crippen molar-refractivity contribution in [3.8, 4) is 18.1 Å². The number of urea groups is 1. The summed E-state index contributed by atoms with van der Waals surface area (Å²) >= 11 is 0. The molecule has 2 aliphatic rings. The molecule has 1 aromatic rings. The lowest BCUT2D eigenvalue weighted by atomic mass is 9.91. The van der Waals surface area contributed by atoms with Crippen LogP contribution in [0.2, 0.25) is 0 Å². The van der Waals surface area contributed by atoms with Crippen LogP contribution in [0.5, 0.6) is 5.75 Å². The van der Waals surface area contributed by atoms with Crippen molar-refractivity contribution in [1.82, 2.24) is 15.3 Å². The van der Waals surface area contributed by atoms with Gasteiger partial charge in [-0.25, -0.2) is 9.36 Å². The predicted molar refractivity (Wildman–Crippen MR) is 132 cm³/mol. The molecule has 1 saturated heterocycles. The first-order chi connectivity index (χ1) is 17.5. The minimum Gasteiger partial charge on any atom is -0.462 e. The van der Waals surface area contributed by atoms with Crippen LogP contribution in [0.1, 0.15) is 27.2 Å². The lowest BCUT2D eigenvalue weighted by Gasteiger charge is -2.38. The van der Waals surface area contributed by atoms with Crippen molar-refractivity contribution < 1.29 is 42.9 Å². The van der Waals surface area contributed by atoms with Crippen molar-refractivity contribution in [2.24, 2.45) is 0 Å². The molecular weight excluding hydrogens is 505 g/mol. The summed E-state index contributed by atoms with van der Waals surface area (Å²) in [5.41, 5.74) is -1.61. The summed E-state index contributed by atoms with van der Waals surface area (Å²) in [5, 5.41) is 25.5. The standard InChI is InChI=1S/C24H32N3O9P/c1-5-16(3)35-22(30)17(4)26-37(32,36-18-10-8-7-9-11-18)34-14-19-21(29)24(6-2,15-33-19)27-13-12-20(28)25-23(27)31/h2,7-13,16-17,19-21,28-29H,5,14-15H2,1,3-4H3,(H,25,31)(H,26,32). The van der Waals surface area contributed by atoms with Crippen LogP contribution >= 0.6 is 7.75 Å². The first-order valence-electron chi connectivity index (χ1n) is 11.7. The van der Waals surface area contributed by atoms with E-state index in [4.69, 9.17) is 24.9 Å². The molecule has 7 atom stereocenters. The Morgan fingerprint density at radius 1 is 1.38 bits per heavy atom. The van der Waals surface area contributed by atoms with Gasteiger partial charge in [0.2, 0.25) is 0 Å². The topological polar surface area (TPSA) is 156 Å². The Morgan fingerprint density at radius 3 is 2.70 bits per heavy atom. The third kappa shape index (κ3) is 6.70. The molecule has 0 saturated carbocycles. The molecule has 3 rings (SSSR count). The average molecular weight is 538 g/mol. The molecule has 2 amide bonds. The quantitative estimate of drug-likeness (QED) is 0.185. The highest BCUT2D eigenvalue weighted by Gasteiger charge is 2.54. The van der Waals surface area contributed by atoms with Gasteiger partial charge in [0.05, 0.1) is 19.3 Å². The second-order valence-corrected chi connectivity index (χ2v) is 10.4. The lowest BCUT2D eigenvalue weighted by molar-refractivity contribution is -0.150. The Bertz CT molecular complexity index is 1080. The molecule has 13 heteroatoms. The zero-order chi connectivity index (χ0) is 27.2. The van der Waals surface area contributed by atoms with E-state index in [2.05, 4.69) is 16.3 Å². The van der Waals surface area contributed by atoms with Crippen LogP contribution in [0.3, 0.4) is 0 Å². The van der Waals surface area contributed by atoms with Crippen molar-refractivity contribution in [2.45, 2.75) is 63.3 Å². The van der Waals surface area contributed by atoms with Crippen LogP contribution in [-0.2, 0) is 23.4 Å². The average Bonchev–Trinajstić information content (AvgIpc) is 3.19. The van der Waals surface area contributed by atoms with Crippen molar-refractivity contribution in [3.63, 3.8) is 0 Å². The van der Waals surface area contributed by atoms with Crippen LogP contribution < -0.4 is 14.9 Å². The van der Waals surface area contributed by atoms with Gasteiger partial charge in [0.15, 0.2) is 5.54 Å². The van der Waals surface area contributed by atoms with Gasteiger partial charge in [-0.05, 0) is 38.5 Å². The van der Waals surface area contributed by atoms with Gasteiger partial charge in [-0.2, -0.15) is 5.09 Å². The monoisotopic (exact) mass is 537 g/mol. The maximum atomic E-state index is 13.7. The highest BCUT2D eigenvalue weighted by molar-refractivity contribution is 7.52. The van der Waals surface area contributed by atoms with E-state index in [0.717, 1.165) is 4.90 Å². The summed E-state index contributed by atoms with van der Waals surface area (Å²) in [6, 6.07) is 6.39. The second-order valence-electron chi connectivity index (χ2n) is 8.67. The number of nitrogens with one attached hydrogen (secondary N) is 2. The minimum atomic E-state index is -4.22. The molecule has 0 aromatic heterocycles. The van der Waals surface area contributed by atoms with Crippen molar-refractivity contribution in [2.75, 3.05) is 13.2 Å². The number of benzene rings is 1. The summed E-state index contributed by atoms with van der Waals surface area (Å²) in [6.07, 6.45) is 4.73. The Labute approximate surface area is 215 Å². The molecular formula is C24H32N3O9P. The Kier molecular flexibility index (Phi) is 9.36. The van der Waals surface area contributed by atoms with Crippen LogP contribution in [-0.4, -0.2) is 76.4 Å². The summed E-state index contributed by atoms with van der Waals surface area (Å²) in [7, 11) is -4.22. The molecule has 0 bridgehead atoms. The van der Waals surface area contributed by atoms with Gasteiger partial charge in [-0.15, -0.1) is 6.42 Å². The molecule has 202 valence electrons. The molecule has 37 heavy (non-hydrogen) atoms. The molecule has 12 nitrogen and oxygen atoms in total. The molecule has 2 aliphatic heterocycles. The number of esters is 1. The number of rotatable bonds is 11. The van der Waals surface area contributed by atoms with Crippen molar-refractivity contribution in [3.05, 3.63) is 42.6 Å². The SMILES string of the molecule is C#CC1(N2C=CC(O)NC2=O)COC(COP(=O)(NC(C)C(=O)OC(C)CC)Oc2ccccc2)C1O. The highest BCUT2D eigenvalue weighted by atomic mass is 31.2. The zero-order valence-electron chi connectivity index (χ0n) is 20.8. The second kappa shape index (κ2) is 12.1. The number of hydrogen-bond acceptors (Lipinski definition) is 9. The summed E-state index contributed by atoms with van der Waals surface area (Å²) in [6.45, 7) is 4.32. The first-order valence-corrected chi connectivity index (χ1v) is 13.3. The summed E-state index contributed by atoms with van der Waals surface area (Å²) in [5.74, 6) is 1.96. The van der Waals surface area contributed by atoms with Crippen molar-refractivity contribution >= 4 is 19.7 Å². The third-order valence-electron chi connectivity index (χ3n) is 5.92. The molecule has 0 aliphatic carbocycles. The van der Waals surface area contributed by atoms with E-state index in [1.807, 2.05) is 6.92 Å². The van der Waals surface area contributed by atoms with E-state index in [0.29, 0.717) is 6.42 Å². The van der Waals surface area contributed by atoms with Gasteiger partial charge in [0, 0.05) is 6.20 Å². The number of aliphatic hydroxyl groups is 2. The number of aliphatic hydroxyl groups excluding tert-OH is 2. The summed E-state index contributed by atoms with van der Waals surface area (Å²) < 4.78 is 35.8. The molecule has 7 unspecified atom stereocenters. The molecule has 0 radical (unpaired) electrons. The van der Waals surface area contributed by atoms with Crippen LogP contribution in [0, 0.1) is 12.3 Å². The zero-order valence-corrected chi connectivity index (χ0v) is 21.7. The minimum absolute atomic E-state index is 0.209. The Morgan fingerprint density at radius 2 is 2.08 bits per heavy atom. The number of nitrogens with zero attached hydrogens (tertiary/aromatic N) is 1. The van der Waals surface area contributed by atoms with Gasteiger partial charge in [-0.1, -0.05) is 31.0 Å². The first kappa shape index (κ1) is 28.7. The normalized spacial score (nSPS) is 28.5. The fourth-order valence-electron chi connectivity index (χ4n) is 3.61. The number of carbonyl (C=O) groups excluding carboxylic acids is 2. The fraction of sp³-hybridized carbons (Fsp3) is 0.500. The number of carbonyl (C=O) groups is 2. The van der Waals surface area contributed by atoms with E-state index < -0.39 is 56.4 Å². The van der Waals surface area contributed by atoms with E-state index in [1.165, 1.54) is 19.2 Å². The summed E-state index contributed by atoms with van der Waals surface area (Å²) in [4.78, 5) is 25.9. The van der Waals surface area contributed by atoms with E-state index >= 15 is 0 Å². The number of para-hydroxylation sites is 1. The highest BCUT2D eigenvalue weighted by Crippen LogP contribution is 2.46. The van der Waals surface area contributed by atoms with Crippen molar-refractivity contribution in [1.29, 1.82) is 0 Å². The Balaban J connectivity index is 1.75. The smallest absolute Gasteiger partial charge is 0.459 e. The predicted octanol–water partition coefficient (Wildman–Crippen LogP) is 1.50. The molecule has 4 N–H and O–H groups in total. The number of hydrogen-bond donors (Lipinski definition) is 4. The van der Waals surface area contributed by atoms with Gasteiger partial charge < -0.3 is 29.5 Å². The molecule has 0 spiro atoms. The van der Waals surface area contributed by atoms with Gasteiger partial charge in [-0.3, -0.25) is 14.2 Å². The van der Waals surface area contributed by atoms with Crippen LogP contribution in [0.15, 0.2) is 42.6 Å². The maximum absolute atomic E-state index is 13.7.